The molecule has 1 aliphatic rings. The Labute approximate surface area is 94.1 Å². The SMILES string of the molecule is CCN(C(=O)c1ccnc(Cl)c1)C1CC1. The average molecular weight is 225 g/mol. The fourth-order valence-electron chi connectivity index (χ4n) is 1.66. The molecule has 0 atom stereocenters. The highest BCUT2D eigenvalue weighted by Crippen LogP contribution is 2.28. The van der Waals surface area contributed by atoms with E-state index >= 15 is 0 Å². The highest BCUT2D eigenvalue weighted by Gasteiger charge is 2.31. The fraction of sp³-hybridized carbons (Fsp3) is 0.455. The quantitative estimate of drug-likeness (QED) is 0.739. The third kappa shape index (κ3) is 2.29. The van der Waals surface area contributed by atoms with E-state index in [-0.39, 0.29) is 5.91 Å². The van der Waals surface area contributed by atoms with E-state index in [4.69, 9.17) is 11.6 Å². The molecule has 0 spiro atoms. The Morgan fingerprint density at radius 2 is 2.40 bits per heavy atom. The van der Waals surface area contributed by atoms with E-state index in [1.54, 1.807) is 18.3 Å². The largest absolute Gasteiger partial charge is 0.336 e. The van der Waals surface area contributed by atoms with Crippen molar-refractivity contribution in [1.82, 2.24) is 9.88 Å². The van der Waals surface area contributed by atoms with E-state index in [0.29, 0.717) is 16.8 Å². The fourth-order valence-corrected chi connectivity index (χ4v) is 1.83. The van der Waals surface area contributed by atoms with Gasteiger partial charge in [-0.3, -0.25) is 4.79 Å². The minimum atomic E-state index is 0.0595. The number of carbonyl (C=O) groups excluding carboxylic acids is 1. The predicted molar refractivity (Wildman–Crippen MR) is 59.0 cm³/mol. The monoisotopic (exact) mass is 224 g/mol. The van der Waals surface area contributed by atoms with Crippen LogP contribution in [0, 0.1) is 0 Å². The molecule has 2 rings (SSSR count). The van der Waals surface area contributed by atoms with Crippen LogP contribution in [0.4, 0.5) is 0 Å². The molecule has 1 aliphatic carbocycles. The van der Waals surface area contributed by atoms with Gasteiger partial charge in [0.15, 0.2) is 0 Å². The number of nitrogens with zero attached hydrogens (tertiary/aromatic N) is 2. The second kappa shape index (κ2) is 4.19. The zero-order chi connectivity index (χ0) is 10.8. The van der Waals surface area contributed by atoms with Crippen molar-refractivity contribution in [2.24, 2.45) is 0 Å². The van der Waals surface area contributed by atoms with Gasteiger partial charge < -0.3 is 4.90 Å². The molecule has 0 radical (unpaired) electrons. The van der Waals surface area contributed by atoms with Crippen molar-refractivity contribution in [1.29, 1.82) is 0 Å². The summed E-state index contributed by atoms with van der Waals surface area (Å²) in [7, 11) is 0. The standard InChI is InChI=1S/C11H13ClN2O/c1-2-14(9-3-4-9)11(15)8-5-6-13-10(12)7-8/h5-7,9H,2-4H2,1H3. The Bertz CT molecular complexity index is 377. The minimum absolute atomic E-state index is 0.0595. The van der Waals surface area contributed by atoms with Crippen LogP contribution in [0.5, 0.6) is 0 Å². The van der Waals surface area contributed by atoms with E-state index in [1.807, 2.05) is 11.8 Å². The molecule has 1 aromatic rings. The highest BCUT2D eigenvalue weighted by atomic mass is 35.5. The molecular formula is C11H13ClN2O. The third-order valence-corrected chi connectivity index (χ3v) is 2.77. The molecule has 0 bridgehead atoms. The molecule has 1 fully saturated rings. The molecule has 1 amide bonds. The summed E-state index contributed by atoms with van der Waals surface area (Å²) in [4.78, 5) is 17.8. The van der Waals surface area contributed by atoms with Crippen LogP contribution in [-0.4, -0.2) is 28.4 Å². The molecule has 0 unspecified atom stereocenters. The Morgan fingerprint density at radius 1 is 1.67 bits per heavy atom. The second-order valence-corrected chi connectivity index (χ2v) is 4.08. The smallest absolute Gasteiger partial charge is 0.254 e. The number of aromatic nitrogens is 1. The van der Waals surface area contributed by atoms with Crippen LogP contribution in [0.1, 0.15) is 30.1 Å². The predicted octanol–water partition coefficient (Wildman–Crippen LogP) is 2.36. The molecule has 0 aliphatic heterocycles. The lowest BCUT2D eigenvalue weighted by Gasteiger charge is -2.20. The number of hydrogen-bond acceptors (Lipinski definition) is 2. The average Bonchev–Trinajstić information content (AvgIpc) is 3.03. The van der Waals surface area contributed by atoms with Crippen LogP contribution < -0.4 is 0 Å². The summed E-state index contributed by atoms with van der Waals surface area (Å²) in [5.41, 5.74) is 0.628. The first-order valence-electron chi connectivity index (χ1n) is 5.15. The van der Waals surface area contributed by atoms with E-state index < -0.39 is 0 Å². The van der Waals surface area contributed by atoms with Crippen molar-refractivity contribution in [2.45, 2.75) is 25.8 Å². The summed E-state index contributed by atoms with van der Waals surface area (Å²) < 4.78 is 0. The van der Waals surface area contributed by atoms with Crippen LogP contribution in [0.3, 0.4) is 0 Å². The number of carbonyl (C=O) groups is 1. The molecule has 80 valence electrons. The van der Waals surface area contributed by atoms with Gasteiger partial charge in [-0.2, -0.15) is 0 Å². The summed E-state index contributed by atoms with van der Waals surface area (Å²) in [5.74, 6) is 0.0595. The molecular weight excluding hydrogens is 212 g/mol. The van der Waals surface area contributed by atoms with Gasteiger partial charge in [0.05, 0.1) is 0 Å². The number of rotatable bonds is 3. The summed E-state index contributed by atoms with van der Waals surface area (Å²) in [5, 5.41) is 0.368. The maximum atomic E-state index is 12.0. The molecule has 1 aromatic heterocycles. The molecule has 1 heterocycles. The van der Waals surface area contributed by atoms with Crippen molar-refractivity contribution in [3.8, 4) is 0 Å². The van der Waals surface area contributed by atoms with Crippen LogP contribution in [0.15, 0.2) is 18.3 Å². The van der Waals surface area contributed by atoms with Crippen molar-refractivity contribution in [3.05, 3.63) is 29.0 Å². The van der Waals surface area contributed by atoms with Crippen molar-refractivity contribution in [2.75, 3.05) is 6.54 Å². The normalized spacial score (nSPS) is 15.1. The highest BCUT2D eigenvalue weighted by molar-refractivity contribution is 6.29. The molecule has 4 heteroatoms. The van der Waals surface area contributed by atoms with Gasteiger partial charge in [-0.25, -0.2) is 4.98 Å². The number of hydrogen-bond donors (Lipinski definition) is 0. The van der Waals surface area contributed by atoms with Crippen molar-refractivity contribution in [3.63, 3.8) is 0 Å². The lowest BCUT2D eigenvalue weighted by atomic mass is 10.2. The molecule has 0 aromatic carbocycles. The summed E-state index contributed by atoms with van der Waals surface area (Å²) in [6.45, 7) is 2.75. The van der Waals surface area contributed by atoms with Crippen LogP contribution in [0.25, 0.3) is 0 Å². The molecule has 3 nitrogen and oxygen atoms in total. The van der Waals surface area contributed by atoms with E-state index in [1.165, 1.54) is 0 Å². The van der Waals surface area contributed by atoms with Gasteiger partial charge in [-0.1, -0.05) is 11.6 Å². The van der Waals surface area contributed by atoms with Gasteiger partial charge in [0.2, 0.25) is 0 Å². The van der Waals surface area contributed by atoms with Gasteiger partial charge in [-0.15, -0.1) is 0 Å². The van der Waals surface area contributed by atoms with E-state index in [2.05, 4.69) is 4.98 Å². The van der Waals surface area contributed by atoms with E-state index in [9.17, 15) is 4.79 Å². The summed E-state index contributed by atoms with van der Waals surface area (Å²) in [6.07, 6.45) is 3.81. The Balaban J connectivity index is 2.18. The van der Waals surface area contributed by atoms with Gasteiger partial charge >= 0.3 is 0 Å². The minimum Gasteiger partial charge on any atom is -0.336 e. The first-order valence-corrected chi connectivity index (χ1v) is 5.52. The summed E-state index contributed by atoms with van der Waals surface area (Å²) in [6, 6.07) is 3.77. The Kier molecular flexibility index (Phi) is 2.91. The first-order chi connectivity index (χ1) is 7.22. The lowest BCUT2D eigenvalue weighted by molar-refractivity contribution is 0.0752. The van der Waals surface area contributed by atoms with Gasteiger partial charge in [0.25, 0.3) is 5.91 Å². The zero-order valence-electron chi connectivity index (χ0n) is 8.61. The second-order valence-electron chi connectivity index (χ2n) is 3.69. The topological polar surface area (TPSA) is 33.2 Å². The number of halogens is 1. The number of amides is 1. The molecule has 0 saturated heterocycles. The molecule has 0 N–H and O–H groups in total. The summed E-state index contributed by atoms with van der Waals surface area (Å²) >= 11 is 5.75. The van der Waals surface area contributed by atoms with Crippen LogP contribution in [-0.2, 0) is 0 Å². The zero-order valence-corrected chi connectivity index (χ0v) is 9.37. The maximum Gasteiger partial charge on any atom is 0.254 e. The number of pyridine rings is 1. The third-order valence-electron chi connectivity index (χ3n) is 2.56. The van der Waals surface area contributed by atoms with Crippen LogP contribution >= 0.6 is 11.6 Å². The molecule has 15 heavy (non-hydrogen) atoms. The van der Waals surface area contributed by atoms with Crippen LogP contribution in [0.2, 0.25) is 5.15 Å². The Morgan fingerprint density at radius 3 is 2.93 bits per heavy atom. The Hall–Kier alpha value is -1.09. The maximum absolute atomic E-state index is 12.0. The van der Waals surface area contributed by atoms with Gasteiger partial charge in [0.1, 0.15) is 5.15 Å². The van der Waals surface area contributed by atoms with Crippen molar-refractivity contribution >= 4 is 17.5 Å². The van der Waals surface area contributed by atoms with Crippen molar-refractivity contribution < 1.29 is 4.79 Å². The van der Waals surface area contributed by atoms with Gasteiger partial charge in [0, 0.05) is 24.3 Å². The first kappa shape index (κ1) is 10.4. The molecule has 1 saturated carbocycles. The lowest BCUT2D eigenvalue weighted by Crippen LogP contribution is -2.32. The van der Waals surface area contributed by atoms with E-state index in [0.717, 1.165) is 19.4 Å². The van der Waals surface area contributed by atoms with Gasteiger partial charge in [-0.05, 0) is 31.9 Å².